The van der Waals surface area contributed by atoms with E-state index in [4.69, 9.17) is 20.9 Å². The first-order valence-corrected chi connectivity index (χ1v) is 13.1. The molecular formula is C14H23O2PS4. The van der Waals surface area contributed by atoms with Gasteiger partial charge < -0.3 is 9.05 Å². The Kier molecular flexibility index (Phi) is 8.54. The SMILES string of the molecule is CCOP(=S)(Oc1ccc(SC)cc1)SCSC(C)(C)C. The first-order chi connectivity index (χ1) is 9.78. The Bertz CT molecular complexity index is 471. The minimum atomic E-state index is -2.33. The topological polar surface area (TPSA) is 18.5 Å². The molecule has 1 aromatic carbocycles. The number of hydrogen-bond donors (Lipinski definition) is 0. The lowest BCUT2D eigenvalue weighted by molar-refractivity contribution is 0.344. The number of benzene rings is 1. The van der Waals surface area contributed by atoms with Gasteiger partial charge in [-0.25, -0.2) is 0 Å². The van der Waals surface area contributed by atoms with Crippen LogP contribution in [0.15, 0.2) is 29.2 Å². The molecule has 2 nitrogen and oxygen atoms in total. The molecule has 120 valence electrons. The van der Waals surface area contributed by atoms with E-state index in [0.29, 0.717) is 6.61 Å². The summed E-state index contributed by atoms with van der Waals surface area (Å²) in [7, 11) is 0. The number of thioether (sulfide) groups is 2. The van der Waals surface area contributed by atoms with Crippen molar-refractivity contribution in [3.63, 3.8) is 0 Å². The summed E-state index contributed by atoms with van der Waals surface area (Å²) < 4.78 is 12.0. The van der Waals surface area contributed by atoms with Gasteiger partial charge in [0.2, 0.25) is 0 Å². The van der Waals surface area contributed by atoms with Crippen LogP contribution in [0.3, 0.4) is 0 Å². The largest absolute Gasteiger partial charge is 0.436 e. The summed E-state index contributed by atoms with van der Waals surface area (Å²) in [6, 6.07) is 8.01. The summed E-state index contributed by atoms with van der Waals surface area (Å²) in [5.74, 6) is 0.790. The Hall–Kier alpha value is 0.680. The first-order valence-electron chi connectivity index (χ1n) is 6.65. The molecule has 1 aromatic rings. The average Bonchev–Trinajstić information content (AvgIpc) is 2.38. The predicted octanol–water partition coefficient (Wildman–Crippen LogP) is 6.27. The van der Waals surface area contributed by atoms with E-state index in [1.54, 1.807) is 23.1 Å². The second-order valence-corrected chi connectivity index (χ2v) is 14.4. The molecule has 0 aliphatic carbocycles. The average molecular weight is 383 g/mol. The highest BCUT2D eigenvalue weighted by molar-refractivity contribution is 8.69. The molecule has 0 bridgehead atoms. The number of hydrogen-bond acceptors (Lipinski definition) is 6. The molecule has 0 amide bonds. The van der Waals surface area contributed by atoms with Crippen molar-refractivity contribution in [2.75, 3.05) is 17.9 Å². The van der Waals surface area contributed by atoms with Gasteiger partial charge in [0, 0.05) is 14.7 Å². The maximum Gasteiger partial charge on any atom is 0.298 e. The highest BCUT2D eigenvalue weighted by atomic mass is 32.9. The fraction of sp³-hybridized carbons (Fsp3) is 0.571. The third-order valence-electron chi connectivity index (χ3n) is 2.27. The van der Waals surface area contributed by atoms with Crippen molar-refractivity contribution in [1.82, 2.24) is 0 Å². The van der Waals surface area contributed by atoms with E-state index < -0.39 is 5.69 Å². The molecule has 1 rings (SSSR count). The van der Waals surface area contributed by atoms with Crippen molar-refractivity contribution in [3.8, 4) is 5.75 Å². The quantitative estimate of drug-likeness (QED) is 0.297. The molecule has 0 aliphatic rings. The third-order valence-corrected chi connectivity index (χ3v) is 10.0. The van der Waals surface area contributed by atoms with Gasteiger partial charge in [0.1, 0.15) is 5.75 Å². The van der Waals surface area contributed by atoms with E-state index in [1.165, 1.54) is 4.90 Å². The zero-order valence-corrected chi connectivity index (χ0v) is 17.3. The molecule has 0 aliphatic heterocycles. The summed E-state index contributed by atoms with van der Waals surface area (Å²) in [5.41, 5.74) is -2.33. The van der Waals surface area contributed by atoms with Crippen LogP contribution in [0.2, 0.25) is 0 Å². The molecule has 0 N–H and O–H groups in total. The summed E-state index contributed by atoms with van der Waals surface area (Å²) in [5, 5.41) is 0.879. The normalized spacial score (nSPS) is 14.7. The lowest BCUT2D eigenvalue weighted by Crippen LogP contribution is -2.07. The maximum atomic E-state index is 6.00. The lowest BCUT2D eigenvalue weighted by Gasteiger charge is -2.23. The highest BCUT2D eigenvalue weighted by Gasteiger charge is 2.23. The third kappa shape index (κ3) is 8.19. The summed E-state index contributed by atoms with van der Waals surface area (Å²) >= 11 is 10.8. The van der Waals surface area contributed by atoms with Crippen LogP contribution in [-0.4, -0.2) is 22.7 Å². The molecule has 0 saturated carbocycles. The monoisotopic (exact) mass is 382 g/mol. The van der Waals surface area contributed by atoms with Crippen LogP contribution in [-0.2, 0) is 16.3 Å². The van der Waals surface area contributed by atoms with Crippen LogP contribution in [0.1, 0.15) is 27.7 Å². The smallest absolute Gasteiger partial charge is 0.298 e. The minimum absolute atomic E-state index is 0.222. The van der Waals surface area contributed by atoms with Gasteiger partial charge in [0.05, 0.1) is 6.61 Å². The Morgan fingerprint density at radius 2 is 1.81 bits per heavy atom. The van der Waals surface area contributed by atoms with Crippen LogP contribution in [0, 0.1) is 0 Å². The van der Waals surface area contributed by atoms with Gasteiger partial charge in [-0.15, -0.1) is 23.5 Å². The van der Waals surface area contributed by atoms with E-state index in [-0.39, 0.29) is 4.75 Å². The van der Waals surface area contributed by atoms with Crippen LogP contribution in [0.5, 0.6) is 5.75 Å². The minimum Gasteiger partial charge on any atom is -0.436 e. The van der Waals surface area contributed by atoms with Crippen molar-refractivity contribution >= 4 is 52.4 Å². The molecule has 1 unspecified atom stereocenters. The lowest BCUT2D eigenvalue weighted by atomic mass is 10.3. The molecule has 1 atom stereocenters. The first kappa shape index (κ1) is 19.7. The van der Waals surface area contributed by atoms with Gasteiger partial charge in [0.15, 0.2) is 0 Å². The molecule has 21 heavy (non-hydrogen) atoms. The van der Waals surface area contributed by atoms with Crippen molar-refractivity contribution < 1.29 is 9.05 Å². The zero-order chi connectivity index (χ0) is 15.9. The molecule has 0 saturated heterocycles. The van der Waals surface area contributed by atoms with E-state index >= 15 is 0 Å². The van der Waals surface area contributed by atoms with Crippen molar-refractivity contribution in [2.24, 2.45) is 0 Å². The Morgan fingerprint density at radius 3 is 2.29 bits per heavy atom. The molecule has 0 radical (unpaired) electrons. The predicted molar refractivity (Wildman–Crippen MR) is 105 cm³/mol. The van der Waals surface area contributed by atoms with Crippen LogP contribution >= 0.6 is 40.6 Å². The summed E-state index contributed by atoms with van der Waals surface area (Å²) in [4.78, 5) is 1.21. The van der Waals surface area contributed by atoms with Gasteiger partial charge in [0.25, 0.3) is 5.69 Å². The Balaban J connectivity index is 2.67. The Labute approximate surface area is 146 Å². The van der Waals surface area contributed by atoms with Gasteiger partial charge in [-0.1, -0.05) is 20.8 Å². The van der Waals surface area contributed by atoms with Crippen molar-refractivity contribution in [1.29, 1.82) is 0 Å². The molecule has 0 aromatic heterocycles. The van der Waals surface area contributed by atoms with Crippen molar-refractivity contribution in [2.45, 2.75) is 37.3 Å². The van der Waals surface area contributed by atoms with Crippen LogP contribution in [0.4, 0.5) is 0 Å². The molecular weight excluding hydrogens is 359 g/mol. The molecule has 0 fully saturated rings. The summed E-state index contributed by atoms with van der Waals surface area (Å²) in [6.07, 6.45) is 2.06. The maximum absolute atomic E-state index is 6.00. The fourth-order valence-corrected chi connectivity index (χ4v) is 9.04. The Morgan fingerprint density at radius 1 is 1.19 bits per heavy atom. The highest BCUT2D eigenvalue weighted by Crippen LogP contribution is 2.61. The fourth-order valence-electron chi connectivity index (χ4n) is 1.28. The number of rotatable bonds is 8. The van der Waals surface area contributed by atoms with Gasteiger partial charge in [-0.2, -0.15) is 0 Å². The van der Waals surface area contributed by atoms with Gasteiger partial charge >= 0.3 is 0 Å². The van der Waals surface area contributed by atoms with Gasteiger partial charge in [-0.3, -0.25) is 0 Å². The van der Waals surface area contributed by atoms with E-state index in [9.17, 15) is 0 Å². The standard InChI is InChI=1S/C14H23O2PS4/c1-6-15-17(18,21-11-20-14(2,3)4)16-12-7-9-13(19-5)10-8-12/h7-10H,6,11H2,1-5H3. The van der Waals surface area contributed by atoms with Crippen LogP contribution < -0.4 is 4.52 Å². The van der Waals surface area contributed by atoms with Crippen LogP contribution in [0.25, 0.3) is 0 Å². The zero-order valence-electron chi connectivity index (χ0n) is 13.1. The van der Waals surface area contributed by atoms with E-state index in [2.05, 4.69) is 27.0 Å². The summed E-state index contributed by atoms with van der Waals surface area (Å²) in [6.45, 7) is 9.13. The van der Waals surface area contributed by atoms with E-state index in [0.717, 1.165) is 10.8 Å². The van der Waals surface area contributed by atoms with E-state index in [1.807, 2.05) is 43.0 Å². The second kappa shape index (κ2) is 9.09. The molecule has 7 heteroatoms. The molecule has 0 heterocycles. The van der Waals surface area contributed by atoms with Gasteiger partial charge in [-0.05, 0) is 60.6 Å². The van der Waals surface area contributed by atoms with Crippen molar-refractivity contribution in [3.05, 3.63) is 24.3 Å². The second-order valence-electron chi connectivity index (χ2n) is 5.14. The molecule has 0 spiro atoms.